The third-order valence-corrected chi connectivity index (χ3v) is 5.33. The quantitative estimate of drug-likeness (QED) is 0.640. The molecule has 1 aliphatic heterocycles. The topological polar surface area (TPSA) is 58.9 Å². The first kappa shape index (κ1) is 24.0. The Hall–Kier alpha value is -2.28. The summed E-state index contributed by atoms with van der Waals surface area (Å²) in [6.45, 7) is 3.92. The maximum absolute atomic E-state index is 13.0. The summed E-state index contributed by atoms with van der Waals surface area (Å²) < 4.78 is 8.00. The predicted octanol–water partition coefficient (Wildman–Crippen LogP) is 3.89. The largest absolute Gasteiger partial charge is 0.486 e. The molecular formula is C22H28Cl2N4O2. The zero-order chi connectivity index (χ0) is 19.5. The lowest BCUT2D eigenvalue weighted by atomic mass is 10.0. The lowest BCUT2D eigenvalue weighted by molar-refractivity contribution is 0.0702. The first-order valence-electron chi connectivity index (χ1n) is 9.76. The standard InChI is InChI=1S/C22H26N4O2.2ClH/c1-16-7-8-21-24-18(14-26(21)13-16)15-28-20-6-4-3-5-19(20)22(27)25-11-9-17(23-2)10-12-25;;/h3-8,13-14,17,23H,9-12,15H2,1-2H3;2*1H. The Bertz CT molecular complexity index is 984. The molecule has 1 amide bonds. The molecule has 162 valence electrons. The molecule has 1 N–H and O–H groups in total. The van der Waals surface area contributed by atoms with E-state index in [1.165, 1.54) is 5.56 Å². The van der Waals surface area contributed by atoms with Crippen molar-refractivity contribution in [3.05, 3.63) is 65.6 Å². The number of carbonyl (C=O) groups is 1. The van der Waals surface area contributed by atoms with Crippen LogP contribution in [0.1, 0.15) is 34.5 Å². The molecule has 0 atom stereocenters. The van der Waals surface area contributed by atoms with Crippen LogP contribution in [0.2, 0.25) is 0 Å². The normalized spacial score (nSPS) is 14.1. The third-order valence-electron chi connectivity index (χ3n) is 5.33. The molecule has 4 rings (SSSR count). The van der Waals surface area contributed by atoms with Crippen LogP contribution in [0.3, 0.4) is 0 Å². The Morgan fingerprint density at radius 1 is 1.13 bits per heavy atom. The monoisotopic (exact) mass is 450 g/mol. The van der Waals surface area contributed by atoms with Crippen molar-refractivity contribution in [3.8, 4) is 5.75 Å². The fourth-order valence-corrected chi connectivity index (χ4v) is 3.69. The highest BCUT2D eigenvalue weighted by Gasteiger charge is 2.24. The maximum Gasteiger partial charge on any atom is 0.257 e. The van der Waals surface area contributed by atoms with E-state index in [1.54, 1.807) is 0 Å². The van der Waals surface area contributed by atoms with Crippen molar-refractivity contribution in [2.45, 2.75) is 32.4 Å². The number of rotatable bonds is 5. The number of amides is 1. The zero-order valence-electron chi connectivity index (χ0n) is 17.2. The van der Waals surface area contributed by atoms with E-state index in [1.807, 2.05) is 65.1 Å². The van der Waals surface area contributed by atoms with Gasteiger partial charge in [-0.05, 0) is 50.6 Å². The molecule has 30 heavy (non-hydrogen) atoms. The lowest BCUT2D eigenvalue weighted by Crippen LogP contribution is -2.44. The number of hydrogen-bond acceptors (Lipinski definition) is 4. The second-order valence-corrected chi connectivity index (χ2v) is 7.34. The van der Waals surface area contributed by atoms with Crippen molar-refractivity contribution in [3.63, 3.8) is 0 Å². The maximum atomic E-state index is 13.0. The van der Waals surface area contributed by atoms with Crippen molar-refractivity contribution in [2.24, 2.45) is 0 Å². The molecule has 0 bridgehead atoms. The summed E-state index contributed by atoms with van der Waals surface area (Å²) in [7, 11) is 1.98. The summed E-state index contributed by atoms with van der Waals surface area (Å²) in [6.07, 6.45) is 5.96. The molecule has 0 saturated carbocycles. The van der Waals surface area contributed by atoms with Crippen LogP contribution < -0.4 is 10.1 Å². The van der Waals surface area contributed by atoms with E-state index in [2.05, 4.69) is 17.2 Å². The first-order chi connectivity index (χ1) is 13.6. The van der Waals surface area contributed by atoms with Crippen molar-refractivity contribution >= 4 is 36.4 Å². The van der Waals surface area contributed by atoms with Crippen molar-refractivity contribution in [1.29, 1.82) is 0 Å². The van der Waals surface area contributed by atoms with E-state index in [-0.39, 0.29) is 30.7 Å². The number of carbonyl (C=O) groups excluding carboxylic acids is 1. The minimum atomic E-state index is 0. The number of nitrogens with zero attached hydrogens (tertiary/aromatic N) is 3. The minimum absolute atomic E-state index is 0. The highest BCUT2D eigenvalue weighted by Crippen LogP contribution is 2.23. The number of imidazole rings is 1. The second kappa shape index (κ2) is 10.7. The Labute approximate surface area is 189 Å². The zero-order valence-corrected chi connectivity index (χ0v) is 18.8. The summed E-state index contributed by atoms with van der Waals surface area (Å²) >= 11 is 0. The fourth-order valence-electron chi connectivity index (χ4n) is 3.69. The SMILES string of the molecule is CNC1CCN(C(=O)c2ccccc2OCc2cn3cc(C)ccc3n2)CC1.Cl.Cl. The van der Waals surface area contributed by atoms with Crippen LogP contribution >= 0.6 is 24.8 Å². The number of fused-ring (bicyclic) bond motifs is 1. The van der Waals surface area contributed by atoms with Gasteiger partial charge in [0.25, 0.3) is 5.91 Å². The average molecular weight is 451 g/mol. The lowest BCUT2D eigenvalue weighted by Gasteiger charge is -2.32. The van der Waals surface area contributed by atoms with Gasteiger partial charge in [-0.3, -0.25) is 4.79 Å². The Morgan fingerprint density at radius 3 is 2.60 bits per heavy atom. The molecule has 6 nitrogen and oxygen atoms in total. The van der Waals surface area contributed by atoms with Gasteiger partial charge in [-0.15, -0.1) is 24.8 Å². The number of pyridine rings is 1. The van der Waals surface area contributed by atoms with Gasteiger partial charge < -0.3 is 19.4 Å². The summed E-state index contributed by atoms with van der Waals surface area (Å²) in [4.78, 5) is 19.5. The van der Waals surface area contributed by atoms with Crippen LogP contribution in [0, 0.1) is 6.92 Å². The van der Waals surface area contributed by atoms with Crippen molar-refractivity contribution < 1.29 is 9.53 Å². The van der Waals surface area contributed by atoms with E-state index >= 15 is 0 Å². The number of para-hydroxylation sites is 1. The van der Waals surface area contributed by atoms with Gasteiger partial charge >= 0.3 is 0 Å². The smallest absolute Gasteiger partial charge is 0.257 e. The number of halogens is 2. The summed E-state index contributed by atoms with van der Waals surface area (Å²) in [6, 6.07) is 12.0. The van der Waals surface area contributed by atoms with Crippen molar-refractivity contribution in [1.82, 2.24) is 19.6 Å². The molecule has 1 aliphatic rings. The molecule has 3 aromatic rings. The van der Waals surface area contributed by atoms with Gasteiger partial charge in [-0.2, -0.15) is 0 Å². The van der Waals surface area contributed by atoms with E-state index in [4.69, 9.17) is 4.74 Å². The van der Waals surface area contributed by atoms with Crippen LogP contribution in [-0.4, -0.2) is 46.4 Å². The summed E-state index contributed by atoms with van der Waals surface area (Å²) in [5, 5.41) is 3.30. The predicted molar refractivity (Wildman–Crippen MR) is 123 cm³/mol. The molecule has 1 aromatic carbocycles. The summed E-state index contributed by atoms with van der Waals surface area (Å²) in [5.41, 5.74) is 3.52. The Morgan fingerprint density at radius 2 is 1.87 bits per heavy atom. The highest BCUT2D eigenvalue weighted by atomic mass is 35.5. The van der Waals surface area contributed by atoms with Gasteiger partial charge in [0.15, 0.2) is 0 Å². The number of nitrogens with one attached hydrogen (secondary N) is 1. The molecule has 1 saturated heterocycles. The van der Waals surface area contributed by atoms with Gasteiger partial charge in [0.2, 0.25) is 0 Å². The molecule has 0 unspecified atom stereocenters. The van der Waals surface area contributed by atoms with Gasteiger partial charge in [0.1, 0.15) is 18.0 Å². The van der Waals surface area contributed by atoms with E-state index in [9.17, 15) is 4.79 Å². The number of likely N-dealkylation sites (tertiary alicyclic amines) is 1. The van der Waals surface area contributed by atoms with Crippen LogP contribution in [0.15, 0.2) is 48.8 Å². The number of aryl methyl sites for hydroxylation is 1. The Balaban J connectivity index is 0.00000160. The van der Waals surface area contributed by atoms with Gasteiger partial charge in [0.05, 0.1) is 11.3 Å². The van der Waals surface area contributed by atoms with Crippen LogP contribution in [0.25, 0.3) is 5.65 Å². The van der Waals surface area contributed by atoms with Crippen LogP contribution in [0.5, 0.6) is 5.75 Å². The number of ether oxygens (including phenoxy) is 1. The van der Waals surface area contributed by atoms with E-state index < -0.39 is 0 Å². The van der Waals surface area contributed by atoms with Gasteiger partial charge in [-0.1, -0.05) is 18.2 Å². The molecule has 8 heteroatoms. The van der Waals surface area contributed by atoms with E-state index in [0.29, 0.717) is 24.0 Å². The van der Waals surface area contributed by atoms with Crippen molar-refractivity contribution in [2.75, 3.05) is 20.1 Å². The Kier molecular flexibility index (Phi) is 8.53. The molecule has 0 aliphatic carbocycles. The number of piperidine rings is 1. The number of benzene rings is 1. The average Bonchev–Trinajstić information content (AvgIpc) is 3.14. The van der Waals surface area contributed by atoms with E-state index in [0.717, 1.165) is 37.3 Å². The molecule has 0 radical (unpaired) electrons. The fraction of sp³-hybridized carbons (Fsp3) is 0.364. The summed E-state index contributed by atoms with van der Waals surface area (Å²) in [5.74, 6) is 0.646. The number of aromatic nitrogens is 2. The minimum Gasteiger partial charge on any atom is -0.486 e. The number of hydrogen-bond donors (Lipinski definition) is 1. The van der Waals surface area contributed by atoms with Crippen LogP contribution in [0.4, 0.5) is 0 Å². The molecule has 0 spiro atoms. The molecule has 3 heterocycles. The second-order valence-electron chi connectivity index (χ2n) is 7.34. The highest BCUT2D eigenvalue weighted by molar-refractivity contribution is 5.97. The van der Waals surface area contributed by atoms with Gasteiger partial charge in [0, 0.05) is 31.5 Å². The molecule has 1 fully saturated rings. The third kappa shape index (κ3) is 5.25. The van der Waals surface area contributed by atoms with Gasteiger partial charge in [-0.25, -0.2) is 4.98 Å². The van der Waals surface area contributed by atoms with Crippen LogP contribution in [-0.2, 0) is 6.61 Å². The molecular weight excluding hydrogens is 423 g/mol. The molecule has 2 aromatic heterocycles. The first-order valence-corrected chi connectivity index (χ1v) is 9.76.